The first-order chi connectivity index (χ1) is 15.2. The van der Waals surface area contributed by atoms with Crippen LogP contribution in [0.15, 0.2) is 48.5 Å². The van der Waals surface area contributed by atoms with Gasteiger partial charge in [-0.25, -0.2) is 0 Å². The summed E-state index contributed by atoms with van der Waals surface area (Å²) in [5.41, 5.74) is 2.00. The zero-order chi connectivity index (χ0) is 22.2. The largest absolute Gasteiger partial charge is 0.508 e. The standard InChI is InChI=1S/C27H38O4/c1-2-3-4-5-6-7-8-9-10-11-21-30-22-20-27(29)31-26-18-14-24(15-19-26)23-12-16-25(28)17-13-23/h12-19,28H,2-11,20-22H2,1H3. The topological polar surface area (TPSA) is 55.8 Å². The summed E-state index contributed by atoms with van der Waals surface area (Å²) in [6.45, 7) is 3.37. The molecule has 0 unspecified atom stereocenters. The van der Waals surface area contributed by atoms with E-state index in [1.54, 1.807) is 24.3 Å². The Bertz CT molecular complexity index is 722. The minimum atomic E-state index is -0.277. The average molecular weight is 427 g/mol. The molecule has 0 aliphatic carbocycles. The van der Waals surface area contributed by atoms with Crippen molar-refractivity contribution in [3.8, 4) is 22.6 Å². The highest BCUT2D eigenvalue weighted by Crippen LogP contribution is 2.24. The Morgan fingerprint density at radius 1 is 0.710 bits per heavy atom. The van der Waals surface area contributed by atoms with Crippen molar-refractivity contribution in [2.24, 2.45) is 0 Å². The van der Waals surface area contributed by atoms with Crippen LogP contribution in [0.1, 0.15) is 77.6 Å². The first-order valence-electron chi connectivity index (χ1n) is 11.9. The maximum Gasteiger partial charge on any atom is 0.313 e. The van der Waals surface area contributed by atoms with E-state index < -0.39 is 0 Å². The van der Waals surface area contributed by atoms with Crippen LogP contribution in [-0.4, -0.2) is 24.3 Å². The molecular formula is C27H38O4. The fraction of sp³-hybridized carbons (Fsp3) is 0.519. The van der Waals surface area contributed by atoms with Crippen molar-refractivity contribution >= 4 is 5.97 Å². The predicted octanol–water partition coefficient (Wildman–Crippen LogP) is 7.29. The lowest BCUT2D eigenvalue weighted by molar-refractivity contribution is -0.135. The summed E-state index contributed by atoms with van der Waals surface area (Å²) < 4.78 is 11.0. The summed E-state index contributed by atoms with van der Waals surface area (Å²) in [7, 11) is 0. The number of ether oxygens (including phenoxy) is 2. The molecule has 0 radical (unpaired) electrons. The quantitative estimate of drug-likeness (QED) is 0.174. The van der Waals surface area contributed by atoms with Crippen molar-refractivity contribution in [2.75, 3.05) is 13.2 Å². The Kier molecular flexibility index (Phi) is 12.4. The first-order valence-corrected chi connectivity index (χ1v) is 11.9. The van der Waals surface area contributed by atoms with Crippen LogP contribution in [0.3, 0.4) is 0 Å². The van der Waals surface area contributed by atoms with Gasteiger partial charge in [0, 0.05) is 6.61 Å². The van der Waals surface area contributed by atoms with Gasteiger partial charge in [0.15, 0.2) is 0 Å². The number of carbonyl (C=O) groups is 1. The molecule has 2 rings (SSSR count). The van der Waals surface area contributed by atoms with Gasteiger partial charge in [-0.15, -0.1) is 0 Å². The molecule has 0 bridgehead atoms. The molecule has 4 heteroatoms. The number of phenols is 1. The SMILES string of the molecule is CCCCCCCCCCCCOCCC(=O)Oc1ccc(-c2ccc(O)cc2)cc1. The highest BCUT2D eigenvalue weighted by molar-refractivity contribution is 5.73. The molecule has 170 valence electrons. The summed E-state index contributed by atoms with van der Waals surface area (Å²) in [5, 5.41) is 9.37. The molecule has 0 heterocycles. The molecule has 0 saturated heterocycles. The number of hydrogen-bond acceptors (Lipinski definition) is 4. The van der Waals surface area contributed by atoms with Crippen LogP contribution in [0.2, 0.25) is 0 Å². The van der Waals surface area contributed by atoms with Crippen LogP contribution in [0.5, 0.6) is 11.5 Å². The molecule has 0 aliphatic heterocycles. The Labute approximate surface area is 187 Å². The lowest BCUT2D eigenvalue weighted by atomic mass is 10.1. The molecule has 2 aromatic rings. The molecular weight excluding hydrogens is 388 g/mol. The molecule has 31 heavy (non-hydrogen) atoms. The van der Waals surface area contributed by atoms with Crippen LogP contribution in [0.25, 0.3) is 11.1 Å². The predicted molar refractivity (Wildman–Crippen MR) is 126 cm³/mol. The van der Waals surface area contributed by atoms with Crippen LogP contribution in [0.4, 0.5) is 0 Å². The molecule has 0 atom stereocenters. The number of esters is 1. The Morgan fingerprint density at radius 3 is 1.81 bits per heavy atom. The molecule has 0 aliphatic rings. The third-order valence-corrected chi connectivity index (χ3v) is 5.38. The number of phenolic OH excluding ortho intramolecular Hbond substituents is 1. The number of hydrogen-bond donors (Lipinski definition) is 1. The Balaban J connectivity index is 1.48. The van der Waals surface area contributed by atoms with Gasteiger partial charge < -0.3 is 14.6 Å². The number of benzene rings is 2. The lowest BCUT2D eigenvalue weighted by Crippen LogP contribution is -2.11. The maximum atomic E-state index is 12.0. The van der Waals surface area contributed by atoms with Gasteiger partial charge in [-0.3, -0.25) is 4.79 Å². The van der Waals surface area contributed by atoms with E-state index in [0.717, 1.165) is 17.5 Å². The Morgan fingerprint density at radius 2 is 1.23 bits per heavy atom. The fourth-order valence-electron chi connectivity index (χ4n) is 3.50. The summed E-state index contributed by atoms with van der Waals surface area (Å²) in [4.78, 5) is 12.0. The van der Waals surface area contributed by atoms with E-state index in [1.165, 1.54) is 57.8 Å². The highest BCUT2D eigenvalue weighted by Gasteiger charge is 2.06. The van der Waals surface area contributed by atoms with E-state index in [9.17, 15) is 9.90 Å². The van der Waals surface area contributed by atoms with Crippen molar-refractivity contribution < 1.29 is 19.4 Å². The third-order valence-electron chi connectivity index (χ3n) is 5.38. The minimum Gasteiger partial charge on any atom is -0.508 e. The van der Waals surface area contributed by atoms with E-state index in [2.05, 4.69) is 6.92 Å². The number of rotatable bonds is 16. The molecule has 0 saturated carbocycles. The molecule has 0 amide bonds. The third kappa shape index (κ3) is 11.0. The van der Waals surface area contributed by atoms with Gasteiger partial charge >= 0.3 is 5.97 Å². The second-order valence-corrected chi connectivity index (χ2v) is 8.09. The zero-order valence-corrected chi connectivity index (χ0v) is 19.0. The van der Waals surface area contributed by atoms with Crippen molar-refractivity contribution in [3.05, 3.63) is 48.5 Å². The van der Waals surface area contributed by atoms with Crippen LogP contribution in [0, 0.1) is 0 Å². The first kappa shape index (κ1) is 24.9. The molecule has 2 aromatic carbocycles. The molecule has 0 aromatic heterocycles. The summed E-state index contributed by atoms with van der Waals surface area (Å²) in [5.74, 6) is 0.493. The van der Waals surface area contributed by atoms with Crippen molar-refractivity contribution in [1.29, 1.82) is 0 Å². The molecule has 0 fully saturated rings. The zero-order valence-electron chi connectivity index (χ0n) is 19.0. The van der Waals surface area contributed by atoms with Gasteiger partial charge in [0.2, 0.25) is 0 Å². The number of aromatic hydroxyl groups is 1. The molecule has 4 nitrogen and oxygen atoms in total. The van der Waals surface area contributed by atoms with E-state index in [-0.39, 0.29) is 18.1 Å². The monoisotopic (exact) mass is 426 g/mol. The summed E-state index contributed by atoms with van der Waals surface area (Å²) in [6, 6.07) is 14.4. The van der Waals surface area contributed by atoms with Gasteiger partial charge in [0.1, 0.15) is 11.5 Å². The average Bonchev–Trinajstić information content (AvgIpc) is 2.78. The normalized spacial score (nSPS) is 10.9. The van der Waals surface area contributed by atoms with Gasteiger partial charge in [-0.2, -0.15) is 0 Å². The number of carbonyl (C=O) groups excluding carboxylic acids is 1. The van der Waals surface area contributed by atoms with Gasteiger partial charge in [-0.05, 0) is 41.8 Å². The highest BCUT2D eigenvalue weighted by atomic mass is 16.5. The van der Waals surface area contributed by atoms with Crippen LogP contribution in [-0.2, 0) is 9.53 Å². The van der Waals surface area contributed by atoms with E-state index >= 15 is 0 Å². The van der Waals surface area contributed by atoms with Gasteiger partial charge in [0.25, 0.3) is 0 Å². The van der Waals surface area contributed by atoms with E-state index in [0.29, 0.717) is 19.0 Å². The fourth-order valence-corrected chi connectivity index (χ4v) is 3.50. The van der Waals surface area contributed by atoms with E-state index in [1.807, 2.05) is 24.3 Å². The second-order valence-electron chi connectivity index (χ2n) is 8.09. The number of unbranched alkanes of at least 4 members (excludes halogenated alkanes) is 9. The van der Waals surface area contributed by atoms with Crippen LogP contribution >= 0.6 is 0 Å². The minimum absolute atomic E-state index is 0.240. The maximum absolute atomic E-state index is 12.0. The lowest BCUT2D eigenvalue weighted by Gasteiger charge is -2.07. The van der Waals surface area contributed by atoms with Gasteiger partial charge in [-0.1, -0.05) is 89.0 Å². The summed E-state index contributed by atoms with van der Waals surface area (Å²) in [6.07, 6.45) is 13.3. The Hall–Kier alpha value is -2.33. The van der Waals surface area contributed by atoms with E-state index in [4.69, 9.17) is 9.47 Å². The van der Waals surface area contributed by atoms with Crippen LogP contribution < -0.4 is 4.74 Å². The molecule has 1 N–H and O–H groups in total. The summed E-state index contributed by atoms with van der Waals surface area (Å²) >= 11 is 0. The van der Waals surface area contributed by atoms with Crippen molar-refractivity contribution in [1.82, 2.24) is 0 Å². The smallest absolute Gasteiger partial charge is 0.313 e. The van der Waals surface area contributed by atoms with Gasteiger partial charge in [0.05, 0.1) is 13.0 Å². The van der Waals surface area contributed by atoms with Crippen molar-refractivity contribution in [2.45, 2.75) is 77.6 Å². The van der Waals surface area contributed by atoms with Crippen molar-refractivity contribution in [3.63, 3.8) is 0 Å². The second kappa shape index (κ2) is 15.5. The molecule has 0 spiro atoms.